The minimum absolute atomic E-state index is 0.813. The molecular weight excluding hydrogens is 222 g/mol. The summed E-state index contributed by atoms with van der Waals surface area (Å²) in [4.78, 5) is 4.74. The van der Waals surface area contributed by atoms with Crippen molar-refractivity contribution >= 4 is 11.0 Å². The van der Waals surface area contributed by atoms with Gasteiger partial charge in [-0.1, -0.05) is 25.0 Å². The van der Waals surface area contributed by atoms with Crippen LogP contribution in [0.2, 0.25) is 0 Å². The zero-order chi connectivity index (χ0) is 12.8. The van der Waals surface area contributed by atoms with Crippen LogP contribution in [0.1, 0.15) is 38.4 Å². The third-order valence-electron chi connectivity index (χ3n) is 3.40. The number of imidazole rings is 1. The fourth-order valence-electron chi connectivity index (χ4n) is 2.45. The predicted octanol–water partition coefficient (Wildman–Crippen LogP) is 3.12. The molecule has 0 unspecified atom stereocenters. The Labute approximate surface area is 109 Å². The molecule has 0 bridgehead atoms. The van der Waals surface area contributed by atoms with Crippen LogP contribution in [0.15, 0.2) is 24.3 Å². The normalized spacial score (nSPS) is 11.2. The summed E-state index contributed by atoms with van der Waals surface area (Å²) < 4.78 is 2.33. The first-order valence-corrected chi connectivity index (χ1v) is 7.01. The fraction of sp³-hybridized carbons (Fsp3) is 0.533. The third-order valence-corrected chi connectivity index (χ3v) is 3.40. The highest BCUT2D eigenvalue weighted by Crippen LogP contribution is 2.17. The number of benzene rings is 1. The Bertz CT molecular complexity index is 487. The second-order valence-corrected chi connectivity index (χ2v) is 4.71. The monoisotopic (exact) mass is 245 g/mol. The van der Waals surface area contributed by atoms with Crippen molar-refractivity contribution < 1.29 is 0 Å². The number of aromatic nitrogens is 2. The third kappa shape index (κ3) is 2.91. The number of nitrogens with zero attached hydrogens (tertiary/aromatic N) is 2. The molecule has 0 aliphatic carbocycles. The number of para-hydroxylation sites is 2. The van der Waals surface area contributed by atoms with E-state index in [0.717, 1.165) is 31.4 Å². The summed E-state index contributed by atoms with van der Waals surface area (Å²) in [6, 6.07) is 8.39. The molecule has 1 aromatic heterocycles. The molecular formula is C15H23N3. The van der Waals surface area contributed by atoms with Gasteiger partial charge in [0, 0.05) is 13.0 Å². The lowest BCUT2D eigenvalue weighted by Crippen LogP contribution is -2.02. The number of aryl methyl sites for hydroxylation is 2. The average molecular weight is 245 g/mol. The van der Waals surface area contributed by atoms with Crippen molar-refractivity contribution in [3.05, 3.63) is 30.1 Å². The predicted molar refractivity (Wildman–Crippen MR) is 76.6 cm³/mol. The van der Waals surface area contributed by atoms with Gasteiger partial charge in [0.05, 0.1) is 11.0 Å². The van der Waals surface area contributed by atoms with Crippen LogP contribution in [0.3, 0.4) is 0 Å². The minimum atomic E-state index is 0.813. The van der Waals surface area contributed by atoms with E-state index in [2.05, 4.69) is 35.8 Å². The number of nitrogens with two attached hydrogens (primary N) is 1. The van der Waals surface area contributed by atoms with Crippen molar-refractivity contribution in [1.29, 1.82) is 0 Å². The molecule has 2 aromatic rings. The Hall–Kier alpha value is -1.35. The Morgan fingerprint density at radius 2 is 1.89 bits per heavy atom. The van der Waals surface area contributed by atoms with Crippen LogP contribution < -0.4 is 5.73 Å². The van der Waals surface area contributed by atoms with Crippen LogP contribution in [-0.4, -0.2) is 16.1 Å². The van der Waals surface area contributed by atoms with Gasteiger partial charge in [-0.25, -0.2) is 4.98 Å². The lowest BCUT2D eigenvalue weighted by atomic mass is 10.1. The number of hydrogen-bond acceptors (Lipinski definition) is 2. The smallest absolute Gasteiger partial charge is 0.109 e. The zero-order valence-electron chi connectivity index (χ0n) is 11.2. The largest absolute Gasteiger partial charge is 0.330 e. The average Bonchev–Trinajstić information content (AvgIpc) is 2.76. The van der Waals surface area contributed by atoms with Gasteiger partial charge in [0.2, 0.25) is 0 Å². The van der Waals surface area contributed by atoms with Crippen LogP contribution in [0.4, 0.5) is 0 Å². The van der Waals surface area contributed by atoms with E-state index in [0.29, 0.717) is 0 Å². The maximum Gasteiger partial charge on any atom is 0.109 e. The highest BCUT2D eigenvalue weighted by atomic mass is 15.1. The molecule has 1 heterocycles. The van der Waals surface area contributed by atoms with Gasteiger partial charge in [-0.2, -0.15) is 0 Å². The number of fused-ring (bicyclic) bond motifs is 1. The molecule has 18 heavy (non-hydrogen) atoms. The highest BCUT2D eigenvalue weighted by molar-refractivity contribution is 5.75. The van der Waals surface area contributed by atoms with Crippen LogP contribution in [0, 0.1) is 0 Å². The molecule has 3 nitrogen and oxygen atoms in total. The SMILES string of the molecule is CCn1c(CCCCCCN)nc2ccccc21. The van der Waals surface area contributed by atoms with Crippen molar-refractivity contribution in [2.75, 3.05) is 6.54 Å². The molecule has 2 N–H and O–H groups in total. The van der Waals surface area contributed by atoms with Crippen LogP contribution in [0.5, 0.6) is 0 Å². The Kier molecular flexibility index (Phi) is 4.76. The van der Waals surface area contributed by atoms with E-state index in [-0.39, 0.29) is 0 Å². The van der Waals surface area contributed by atoms with E-state index in [9.17, 15) is 0 Å². The minimum Gasteiger partial charge on any atom is -0.330 e. The molecule has 0 fully saturated rings. The number of hydrogen-bond donors (Lipinski definition) is 1. The number of unbranched alkanes of at least 4 members (excludes halogenated alkanes) is 3. The molecule has 98 valence electrons. The van der Waals surface area contributed by atoms with E-state index in [1.54, 1.807) is 0 Å². The van der Waals surface area contributed by atoms with E-state index in [1.807, 2.05) is 0 Å². The molecule has 0 amide bonds. The van der Waals surface area contributed by atoms with Gasteiger partial charge in [-0.05, 0) is 38.4 Å². The van der Waals surface area contributed by atoms with Gasteiger partial charge < -0.3 is 10.3 Å². The number of rotatable bonds is 7. The summed E-state index contributed by atoms with van der Waals surface area (Å²) in [5.74, 6) is 1.23. The summed E-state index contributed by atoms with van der Waals surface area (Å²) in [7, 11) is 0. The van der Waals surface area contributed by atoms with Crippen LogP contribution in [0.25, 0.3) is 11.0 Å². The molecule has 0 spiro atoms. The van der Waals surface area contributed by atoms with Gasteiger partial charge in [0.15, 0.2) is 0 Å². The second-order valence-electron chi connectivity index (χ2n) is 4.71. The standard InChI is InChI=1S/C15H23N3/c1-2-18-14-10-7-6-9-13(14)17-15(18)11-5-3-4-8-12-16/h6-7,9-10H,2-5,8,11-12,16H2,1H3. The summed E-state index contributed by atoms with van der Waals surface area (Å²) in [5.41, 5.74) is 7.88. The van der Waals surface area contributed by atoms with Crippen LogP contribution in [-0.2, 0) is 13.0 Å². The molecule has 2 rings (SSSR count). The Morgan fingerprint density at radius 1 is 1.11 bits per heavy atom. The molecule has 0 aliphatic rings. The molecule has 0 radical (unpaired) electrons. The first kappa shape index (κ1) is 13.1. The molecule has 3 heteroatoms. The Balaban J connectivity index is 2.03. The van der Waals surface area contributed by atoms with E-state index < -0.39 is 0 Å². The maximum absolute atomic E-state index is 5.50. The van der Waals surface area contributed by atoms with Gasteiger partial charge in [-0.15, -0.1) is 0 Å². The van der Waals surface area contributed by atoms with Crippen LogP contribution >= 0.6 is 0 Å². The second kappa shape index (κ2) is 6.55. The van der Waals surface area contributed by atoms with Gasteiger partial charge in [-0.3, -0.25) is 0 Å². The fourth-order valence-corrected chi connectivity index (χ4v) is 2.45. The first-order chi connectivity index (χ1) is 8.86. The van der Waals surface area contributed by atoms with Crippen molar-refractivity contribution in [3.63, 3.8) is 0 Å². The van der Waals surface area contributed by atoms with Crippen molar-refractivity contribution in [1.82, 2.24) is 9.55 Å². The summed E-state index contributed by atoms with van der Waals surface area (Å²) in [5, 5.41) is 0. The van der Waals surface area contributed by atoms with Crippen molar-refractivity contribution in [2.24, 2.45) is 5.73 Å². The van der Waals surface area contributed by atoms with Crippen molar-refractivity contribution in [3.8, 4) is 0 Å². The lowest BCUT2D eigenvalue weighted by Gasteiger charge is -2.05. The highest BCUT2D eigenvalue weighted by Gasteiger charge is 2.07. The summed E-state index contributed by atoms with van der Waals surface area (Å²) in [6.07, 6.45) is 5.92. The molecule has 0 atom stereocenters. The topological polar surface area (TPSA) is 43.8 Å². The van der Waals surface area contributed by atoms with Gasteiger partial charge in [0.25, 0.3) is 0 Å². The summed E-state index contributed by atoms with van der Waals surface area (Å²) in [6.45, 7) is 4.00. The Morgan fingerprint density at radius 3 is 2.67 bits per heavy atom. The quantitative estimate of drug-likeness (QED) is 0.762. The maximum atomic E-state index is 5.50. The molecule has 0 aliphatic heterocycles. The summed E-state index contributed by atoms with van der Waals surface area (Å²) >= 11 is 0. The first-order valence-electron chi connectivity index (χ1n) is 7.01. The molecule has 0 saturated carbocycles. The molecule has 0 saturated heterocycles. The van der Waals surface area contributed by atoms with E-state index >= 15 is 0 Å². The van der Waals surface area contributed by atoms with Gasteiger partial charge in [0.1, 0.15) is 5.82 Å². The molecule has 1 aromatic carbocycles. The van der Waals surface area contributed by atoms with Gasteiger partial charge >= 0.3 is 0 Å². The van der Waals surface area contributed by atoms with Crippen molar-refractivity contribution in [2.45, 2.75) is 45.6 Å². The van der Waals surface area contributed by atoms with E-state index in [1.165, 1.54) is 30.6 Å². The van der Waals surface area contributed by atoms with E-state index in [4.69, 9.17) is 10.7 Å². The lowest BCUT2D eigenvalue weighted by molar-refractivity contribution is 0.616. The zero-order valence-corrected chi connectivity index (χ0v) is 11.2.